The fourth-order valence-corrected chi connectivity index (χ4v) is 3.58. The highest BCUT2D eigenvalue weighted by Gasteiger charge is 2.43. The summed E-state index contributed by atoms with van der Waals surface area (Å²) in [5.41, 5.74) is 1.08. The van der Waals surface area contributed by atoms with Crippen LogP contribution in [0, 0.1) is 6.92 Å². The van der Waals surface area contributed by atoms with Crippen LogP contribution in [0.5, 0.6) is 0 Å². The van der Waals surface area contributed by atoms with Crippen molar-refractivity contribution in [2.24, 2.45) is 0 Å². The van der Waals surface area contributed by atoms with Crippen molar-refractivity contribution >= 4 is 23.5 Å². The van der Waals surface area contributed by atoms with Crippen LogP contribution < -0.4 is 4.90 Å². The van der Waals surface area contributed by atoms with E-state index in [4.69, 9.17) is 5.11 Å². The number of hydrogen-bond donors (Lipinski definition) is 2. The summed E-state index contributed by atoms with van der Waals surface area (Å²) in [6.07, 6.45) is 0.107. The van der Waals surface area contributed by atoms with Crippen LogP contribution in [0.4, 0.5) is 5.69 Å². The lowest BCUT2D eigenvalue weighted by Crippen LogP contribution is -2.53. The van der Waals surface area contributed by atoms with Gasteiger partial charge in [0.15, 0.2) is 0 Å². The van der Waals surface area contributed by atoms with E-state index >= 15 is 0 Å². The van der Waals surface area contributed by atoms with Gasteiger partial charge in [-0.3, -0.25) is 19.4 Å². The highest BCUT2D eigenvalue weighted by molar-refractivity contribution is 6.23. The average Bonchev–Trinajstić information content (AvgIpc) is 2.91. The number of anilines is 1. The molecule has 0 saturated carbocycles. The van der Waals surface area contributed by atoms with E-state index in [9.17, 15) is 19.5 Å². The topological polar surface area (TPSA) is 101 Å². The Morgan fingerprint density at radius 3 is 2.50 bits per heavy atom. The number of carbonyl (C=O) groups is 3. The van der Waals surface area contributed by atoms with Crippen molar-refractivity contribution in [3.8, 4) is 0 Å². The molecule has 0 aliphatic carbocycles. The Kier molecular flexibility index (Phi) is 5.36. The van der Waals surface area contributed by atoms with E-state index in [0.717, 1.165) is 18.0 Å². The molecule has 0 spiro atoms. The SMILES string of the molecule is Cc1ccc(C(=O)O)cc1N1C(=O)CC(N2CCN(CCO)CC2)C1=O. The lowest BCUT2D eigenvalue weighted by molar-refractivity contribution is -0.123. The molecule has 2 fully saturated rings. The number of amides is 2. The zero-order valence-corrected chi connectivity index (χ0v) is 14.7. The number of piperazine rings is 1. The maximum Gasteiger partial charge on any atom is 0.335 e. The van der Waals surface area contributed by atoms with Crippen molar-refractivity contribution in [1.82, 2.24) is 9.80 Å². The molecule has 1 aromatic rings. The normalized spacial score (nSPS) is 22.2. The number of benzene rings is 1. The van der Waals surface area contributed by atoms with Crippen molar-refractivity contribution < 1.29 is 24.6 Å². The number of carboxylic acids is 1. The number of carbonyl (C=O) groups excluding carboxylic acids is 2. The van der Waals surface area contributed by atoms with E-state index in [2.05, 4.69) is 4.90 Å². The van der Waals surface area contributed by atoms with Crippen molar-refractivity contribution in [3.63, 3.8) is 0 Å². The highest BCUT2D eigenvalue weighted by atomic mass is 16.4. The number of aromatic carboxylic acids is 1. The zero-order chi connectivity index (χ0) is 18.8. The van der Waals surface area contributed by atoms with Gasteiger partial charge in [-0.1, -0.05) is 6.07 Å². The number of aliphatic hydroxyl groups excluding tert-OH is 1. The number of hydrogen-bond acceptors (Lipinski definition) is 6. The Balaban J connectivity index is 1.78. The molecule has 3 rings (SSSR count). The Bertz CT molecular complexity index is 728. The maximum atomic E-state index is 12.9. The lowest BCUT2D eigenvalue weighted by Gasteiger charge is -2.36. The van der Waals surface area contributed by atoms with Gasteiger partial charge < -0.3 is 10.2 Å². The van der Waals surface area contributed by atoms with E-state index in [1.807, 2.05) is 4.90 Å². The van der Waals surface area contributed by atoms with Gasteiger partial charge in [0, 0.05) is 32.7 Å². The van der Waals surface area contributed by atoms with Gasteiger partial charge in [0.2, 0.25) is 5.91 Å². The van der Waals surface area contributed by atoms with Crippen LogP contribution in [0.1, 0.15) is 22.3 Å². The van der Waals surface area contributed by atoms with Crippen LogP contribution in [0.25, 0.3) is 0 Å². The standard InChI is InChI=1S/C18H23N3O5/c1-12-2-3-13(18(25)26)10-14(12)21-16(23)11-15(17(21)24)20-6-4-19(5-7-20)8-9-22/h2-3,10,15,22H,4-9,11H2,1H3,(H,25,26). The average molecular weight is 361 g/mol. The quantitative estimate of drug-likeness (QED) is 0.708. The highest BCUT2D eigenvalue weighted by Crippen LogP contribution is 2.29. The van der Waals surface area contributed by atoms with Gasteiger partial charge in [-0.25, -0.2) is 9.69 Å². The first-order valence-electron chi connectivity index (χ1n) is 8.70. The number of imide groups is 1. The third-order valence-corrected chi connectivity index (χ3v) is 5.08. The fraction of sp³-hybridized carbons (Fsp3) is 0.500. The maximum absolute atomic E-state index is 12.9. The smallest absolute Gasteiger partial charge is 0.335 e. The molecule has 2 saturated heterocycles. The molecular weight excluding hydrogens is 338 g/mol. The van der Waals surface area contributed by atoms with E-state index in [1.54, 1.807) is 13.0 Å². The molecule has 1 atom stereocenters. The summed E-state index contributed by atoms with van der Waals surface area (Å²) in [4.78, 5) is 41.9. The minimum absolute atomic E-state index is 0.0484. The predicted molar refractivity (Wildman–Crippen MR) is 94.1 cm³/mol. The molecule has 140 valence electrons. The van der Waals surface area contributed by atoms with Gasteiger partial charge in [0.25, 0.3) is 5.91 Å². The molecule has 0 radical (unpaired) electrons. The van der Waals surface area contributed by atoms with Crippen LogP contribution >= 0.6 is 0 Å². The first-order valence-corrected chi connectivity index (χ1v) is 8.70. The Hall–Kier alpha value is -2.29. The van der Waals surface area contributed by atoms with Gasteiger partial charge in [-0.2, -0.15) is 0 Å². The van der Waals surface area contributed by atoms with Gasteiger partial charge >= 0.3 is 5.97 Å². The minimum Gasteiger partial charge on any atom is -0.478 e. The summed E-state index contributed by atoms with van der Waals surface area (Å²) in [6.45, 7) is 5.27. The molecule has 26 heavy (non-hydrogen) atoms. The van der Waals surface area contributed by atoms with E-state index < -0.39 is 12.0 Å². The van der Waals surface area contributed by atoms with Crippen molar-refractivity contribution in [2.45, 2.75) is 19.4 Å². The number of carboxylic acid groups (broad SMARTS) is 1. The molecule has 2 amide bonds. The molecular formula is C18H23N3O5. The second kappa shape index (κ2) is 7.53. The Morgan fingerprint density at radius 2 is 1.88 bits per heavy atom. The van der Waals surface area contributed by atoms with E-state index in [1.165, 1.54) is 12.1 Å². The molecule has 1 aromatic carbocycles. The summed E-state index contributed by atoms with van der Waals surface area (Å²) in [5, 5.41) is 18.2. The van der Waals surface area contributed by atoms with Crippen LogP contribution in [0.3, 0.4) is 0 Å². The van der Waals surface area contributed by atoms with Gasteiger partial charge in [-0.05, 0) is 24.6 Å². The molecule has 0 aromatic heterocycles. The Morgan fingerprint density at radius 1 is 1.19 bits per heavy atom. The summed E-state index contributed by atoms with van der Waals surface area (Å²) in [5.74, 6) is -1.69. The number of aliphatic hydroxyl groups is 1. The van der Waals surface area contributed by atoms with Crippen LogP contribution in [-0.4, -0.2) is 83.2 Å². The third kappa shape index (κ3) is 3.48. The molecule has 8 nitrogen and oxygen atoms in total. The van der Waals surface area contributed by atoms with Crippen molar-refractivity contribution in [2.75, 3.05) is 44.2 Å². The molecule has 0 bridgehead atoms. The lowest BCUT2D eigenvalue weighted by atomic mass is 10.1. The number of β-amino-alcohol motifs (C(OH)–C–C–N with tert-alkyl or cyclic N) is 1. The largest absolute Gasteiger partial charge is 0.478 e. The Labute approximate surface area is 151 Å². The third-order valence-electron chi connectivity index (χ3n) is 5.08. The fourth-order valence-electron chi connectivity index (χ4n) is 3.58. The summed E-state index contributed by atoms with van der Waals surface area (Å²) in [6, 6.07) is 3.95. The number of aryl methyl sites for hydroxylation is 1. The predicted octanol–water partition coefficient (Wildman–Crippen LogP) is -0.0650. The molecule has 2 aliphatic rings. The minimum atomic E-state index is -1.10. The summed E-state index contributed by atoms with van der Waals surface area (Å²) >= 11 is 0. The molecule has 2 N–H and O–H groups in total. The first kappa shape index (κ1) is 18.5. The van der Waals surface area contributed by atoms with Gasteiger partial charge in [0.05, 0.1) is 30.3 Å². The van der Waals surface area contributed by atoms with Crippen molar-refractivity contribution in [1.29, 1.82) is 0 Å². The monoisotopic (exact) mass is 361 g/mol. The summed E-state index contributed by atoms with van der Waals surface area (Å²) in [7, 11) is 0. The van der Waals surface area contributed by atoms with E-state index in [0.29, 0.717) is 30.9 Å². The number of nitrogens with zero attached hydrogens (tertiary/aromatic N) is 3. The van der Waals surface area contributed by atoms with Crippen LogP contribution in [0.15, 0.2) is 18.2 Å². The van der Waals surface area contributed by atoms with Crippen LogP contribution in [0.2, 0.25) is 0 Å². The molecule has 2 heterocycles. The molecule has 1 unspecified atom stereocenters. The second-order valence-corrected chi connectivity index (χ2v) is 6.69. The second-order valence-electron chi connectivity index (χ2n) is 6.69. The summed E-state index contributed by atoms with van der Waals surface area (Å²) < 4.78 is 0. The van der Waals surface area contributed by atoms with E-state index in [-0.39, 0.29) is 30.4 Å². The molecule has 2 aliphatic heterocycles. The van der Waals surface area contributed by atoms with Crippen LogP contribution in [-0.2, 0) is 9.59 Å². The number of rotatable bonds is 5. The zero-order valence-electron chi connectivity index (χ0n) is 14.7. The first-order chi connectivity index (χ1) is 12.4. The van der Waals surface area contributed by atoms with Crippen molar-refractivity contribution in [3.05, 3.63) is 29.3 Å². The van der Waals surface area contributed by atoms with Gasteiger partial charge in [-0.15, -0.1) is 0 Å². The molecule has 8 heteroatoms. The van der Waals surface area contributed by atoms with Gasteiger partial charge in [0.1, 0.15) is 0 Å².